The maximum absolute atomic E-state index is 4.71. The molecular formula is C30H46N2. The molecule has 0 aliphatic heterocycles. The van der Waals surface area contributed by atoms with E-state index in [1.807, 2.05) is 12.4 Å². The van der Waals surface area contributed by atoms with Gasteiger partial charge in [-0.25, -0.2) is 9.97 Å². The fraction of sp³-hybridized carbons (Fsp3) is 0.667. The number of unbranched alkanes of at least 4 members (excludes halogenated alkanes) is 11. The minimum Gasteiger partial charge on any atom is -0.236 e. The molecule has 0 bridgehead atoms. The normalized spacial score (nSPS) is 15.2. The first-order valence-electron chi connectivity index (χ1n) is 13.7. The molecule has 0 radical (unpaired) electrons. The van der Waals surface area contributed by atoms with Gasteiger partial charge in [0, 0.05) is 18.0 Å². The van der Waals surface area contributed by atoms with E-state index in [4.69, 9.17) is 9.97 Å². The maximum Gasteiger partial charge on any atom is 0.159 e. The number of benzene rings is 1. The molecule has 1 unspecified atom stereocenters. The van der Waals surface area contributed by atoms with Crippen LogP contribution in [0.3, 0.4) is 0 Å². The third-order valence-corrected chi connectivity index (χ3v) is 7.22. The van der Waals surface area contributed by atoms with Crippen LogP contribution in [0.4, 0.5) is 0 Å². The zero-order valence-corrected chi connectivity index (χ0v) is 20.9. The summed E-state index contributed by atoms with van der Waals surface area (Å²) in [5.74, 6) is 1.73. The molecule has 1 aliphatic rings. The summed E-state index contributed by atoms with van der Waals surface area (Å²) in [6, 6.07) is 6.93. The molecule has 3 rings (SSSR count). The molecular weight excluding hydrogens is 388 g/mol. The molecule has 1 heterocycles. The Morgan fingerprint density at radius 2 is 1.28 bits per heavy atom. The third kappa shape index (κ3) is 8.34. The summed E-state index contributed by atoms with van der Waals surface area (Å²) in [6.07, 6.45) is 27.0. The standard InChI is InChI=1S/C30H46N2/c1-3-5-7-9-11-13-15-17-26-23-31-30(32-24-26)28-19-18-27-20-25(21-29(27)22-28)16-14-12-10-8-6-4-2/h18-19,22-25H,3-17,20-21H2,1-2H3. The molecule has 32 heavy (non-hydrogen) atoms. The van der Waals surface area contributed by atoms with Gasteiger partial charge in [-0.15, -0.1) is 0 Å². The molecule has 0 N–H and O–H groups in total. The Kier molecular flexibility index (Phi) is 11.3. The summed E-state index contributed by atoms with van der Waals surface area (Å²) < 4.78 is 0. The van der Waals surface area contributed by atoms with Crippen LogP contribution in [0.1, 0.15) is 120 Å². The molecule has 2 heteroatoms. The fourth-order valence-electron chi connectivity index (χ4n) is 5.18. The first kappa shape index (κ1) is 24.9. The van der Waals surface area contributed by atoms with Gasteiger partial charge in [0.25, 0.3) is 0 Å². The van der Waals surface area contributed by atoms with E-state index in [0.29, 0.717) is 0 Å². The Hall–Kier alpha value is -1.70. The van der Waals surface area contributed by atoms with Crippen molar-refractivity contribution in [2.75, 3.05) is 0 Å². The number of rotatable bonds is 16. The largest absolute Gasteiger partial charge is 0.236 e. The van der Waals surface area contributed by atoms with Crippen molar-refractivity contribution in [1.29, 1.82) is 0 Å². The smallest absolute Gasteiger partial charge is 0.159 e. The highest BCUT2D eigenvalue weighted by Gasteiger charge is 2.21. The molecule has 0 saturated heterocycles. The highest BCUT2D eigenvalue weighted by atomic mass is 14.9. The number of nitrogens with zero attached hydrogens (tertiary/aromatic N) is 2. The lowest BCUT2D eigenvalue weighted by molar-refractivity contribution is 0.469. The quantitative estimate of drug-likeness (QED) is 0.246. The van der Waals surface area contributed by atoms with Crippen LogP contribution in [0.15, 0.2) is 30.6 Å². The highest BCUT2D eigenvalue weighted by Crippen LogP contribution is 2.32. The van der Waals surface area contributed by atoms with Crippen LogP contribution in [-0.4, -0.2) is 9.97 Å². The average molecular weight is 435 g/mol. The molecule has 2 aromatic rings. The van der Waals surface area contributed by atoms with Crippen molar-refractivity contribution in [1.82, 2.24) is 9.97 Å². The van der Waals surface area contributed by atoms with E-state index < -0.39 is 0 Å². The lowest BCUT2D eigenvalue weighted by atomic mass is 9.97. The minimum absolute atomic E-state index is 0.844. The summed E-state index contributed by atoms with van der Waals surface area (Å²) >= 11 is 0. The second-order valence-electron chi connectivity index (χ2n) is 10.1. The van der Waals surface area contributed by atoms with Gasteiger partial charge in [0.1, 0.15) is 0 Å². The van der Waals surface area contributed by atoms with Crippen LogP contribution >= 0.6 is 0 Å². The van der Waals surface area contributed by atoms with Crippen molar-refractivity contribution >= 4 is 0 Å². The van der Waals surface area contributed by atoms with Crippen LogP contribution in [0.5, 0.6) is 0 Å². The predicted octanol–water partition coefficient (Wildman–Crippen LogP) is 8.90. The van der Waals surface area contributed by atoms with Crippen molar-refractivity contribution in [3.8, 4) is 11.4 Å². The summed E-state index contributed by atoms with van der Waals surface area (Å²) in [5.41, 5.74) is 5.56. The van der Waals surface area contributed by atoms with Crippen molar-refractivity contribution in [2.45, 2.75) is 123 Å². The zero-order chi connectivity index (χ0) is 22.4. The zero-order valence-electron chi connectivity index (χ0n) is 20.9. The number of fused-ring (bicyclic) bond motifs is 1. The SMILES string of the molecule is CCCCCCCCCc1cnc(-c2ccc3c(c2)CC(CCCCCCCC)C3)nc1. The second-order valence-corrected chi connectivity index (χ2v) is 10.1. The molecule has 0 amide bonds. The van der Waals surface area contributed by atoms with E-state index in [0.717, 1.165) is 18.2 Å². The molecule has 1 aliphatic carbocycles. The Labute approximate surface area is 197 Å². The first-order chi connectivity index (χ1) is 15.8. The number of aryl methyl sites for hydroxylation is 1. The Bertz CT molecular complexity index is 765. The van der Waals surface area contributed by atoms with Crippen LogP contribution in [-0.2, 0) is 19.3 Å². The molecule has 1 atom stereocenters. The number of aromatic nitrogens is 2. The van der Waals surface area contributed by atoms with E-state index in [1.54, 1.807) is 5.56 Å². The van der Waals surface area contributed by atoms with Gasteiger partial charge in [0.05, 0.1) is 0 Å². The van der Waals surface area contributed by atoms with E-state index in [9.17, 15) is 0 Å². The highest BCUT2D eigenvalue weighted by molar-refractivity contribution is 5.58. The first-order valence-corrected chi connectivity index (χ1v) is 13.7. The molecule has 176 valence electrons. The summed E-state index contributed by atoms with van der Waals surface area (Å²) in [6.45, 7) is 4.57. The third-order valence-electron chi connectivity index (χ3n) is 7.22. The summed E-state index contributed by atoms with van der Waals surface area (Å²) in [5, 5.41) is 0. The predicted molar refractivity (Wildman–Crippen MR) is 138 cm³/mol. The second kappa shape index (κ2) is 14.4. The molecule has 0 saturated carbocycles. The van der Waals surface area contributed by atoms with Crippen LogP contribution in [0.2, 0.25) is 0 Å². The minimum atomic E-state index is 0.844. The van der Waals surface area contributed by atoms with Gasteiger partial charge in [-0.1, -0.05) is 103 Å². The average Bonchev–Trinajstić information content (AvgIpc) is 3.23. The molecule has 1 aromatic carbocycles. The number of hydrogen-bond acceptors (Lipinski definition) is 2. The van der Waals surface area contributed by atoms with Gasteiger partial charge < -0.3 is 0 Å². The van der Waals surface area contributed by atoms with Crippen molar-refractivity contribution in [3.63, 3.8) is 0 Å². The van der Waals surface area contributed by atoms with Gasteiger partial charge in [-0.05, 0) is 60.8 Å². The fourth-order valence-corrected chi connectivity index (χ4v) is 5.18. The molecule has 1 aromatic heterocycles. The van der Waals surface area contributed by atoms with Crippen LogP contribution < -0.4 is 0 Å². The van der Waals surface area contributed by atoms with E-state index in [2.05, 4.69) is 32.0 Å². The summed E-state index contributed by atoms with van der Waals surface area (Å²) in [4.78, 5) is 9.41. The lowest BCUT2D eigenvalue weighted by Crippen LogP contribution is -1.99. The van der Waals surface area contributed by atoms with E-state index >= 15 is 0 Å². The van der Waals surface area contributed by atoms with Gasteiger partial charge in [-0.3, -0.25) is 0 Å². The van der Waals surface area contributed by atoms with Crippen molar-refractivity contribution in [2.24, 2.45) is 5.92 Å². The van der Waals surface area contributed by atoms with E-state index in [1.165, 1.54) is 119 Å². The van der Waals surface area contributed by atoms with Gasteiger partial charge in [0.2, 0.25) is 0 Å². The van der Waals surface area contributed by atoms with Gasteiger partial charge in [-0.2, -0.15) is 0 Å². The molecule has 2 nitrogen and oxygen atoms in total. The number of hydrogen-bond donors (Lipinski definition) is 0. The van der Waals surface area contributed by atoms with Crippen molar-refractivity contribution in [3.05, 3.63) is 47.3 Å². The van der Waals surface area contributed by atoms with Crippen LogP contribution in [0.25, 0.3) is 11.4 Å². The maximum atomic E-state index is 4.71. The monoisotopic (exact) mass is 434 g/mol. The van der Waals surface area contributed by atoms with E-state index in [-0.39, 0.29) is 0 Å². The Morgan fingerprint density at radius 3 is 1.97 bits per heavy atom. The Balaban J connectivity index is 1.41. The van der Waals surface area contributed by atoms with Gasteiger partial charge >= 0.3 is 0 Å². The van der Waals surface area contributed by atoms with Gasteiger partial charge in [0.15, 0.2) is 5.82 Å². The Morgan fingerprint density at radius 1 is 0.688 bits per heavy atom. The molecule has 0 fully saturated rings. The lowest BCUT2D eigenvalue weighted by Gasteiger charge is -2.08. The van der Waals surface area contributed by atoms with Crippen LogP contribution in [0, 0.1) is 5.92 Å². The molecule has 0 spiro atoms. The summed E-state index contributed by atoms with van der Waals surface area (Å²) in [7, 11) is 0. The topological polar surface area (TPSA) is 25.8 Å². The van der Waals surface area contributed by atoms with Crippen molar-refractivity contribution < 1.29 is 0 Å².